The summed E-state index contributed by atoms with van der Waals surface area (Å²) in [7, 11) is 0. The molecule has 0 fully saturated rings. The molecule has 4 aromatic rings. The van der Waals surface area contributed by atoms with Gasteiger partial charge in [0, 0.05) is 23.7 Å². The molecule has 130 valence electrons. The number of hydrogen-bond donors (Lipinski definition) is 0. The first kappa shape index (κ1) is 16.3. The van der Waals surface area contributed by atoms with Crippen LogP contribution in [0.3, 0.4) is 0 Å². The highest BCUT2D eigenvalue weighted by Gasteiger charge is 2.05. The summed E-state index contributed by atoms with van der Waals surface area (Å²) in [6, 6.07) is 20.8. The fourth-order valence-electron chi connectivity index (χ4n) is 3.02. The molecule has 4 heteroatoms. The van der Waals surface area contributed by atoms with Gasteiger partial charge in [-0.25, -0.2) is 8.78 Å². The quantitative estimate of drug-likeness (QED) is 0.462. The summed E-state index contributed by atoms with van der Waals surface area (Å²) < 4.78 is 34.1. The summed E-state index contributed by atoms with van der Waals surface area (Å²) in [5, 5.41) is 1.04. The van der Waals surface area contributed by atoms with Crippen molar-refractivity contribution in [3.8, 4) is 11.4 Å². The van der Waals surface area contributed by atoms with Gasteiger partial charge < -0.3 is 9.30 Å². The summed E-state index contributed by atoms with van der Waals surface area (Å²) in [5.74, 6) is 0.288. The van der Waals surface area contributed by atoms with Crippen LogP contribution in [0.4, 0.5) is 8.78 Å². The average Bonchev–Trinajstić information content (AvgIpc) is 3.06. The fraction of sp³-hybridized carbons (Fsp3) is 0.0909. The number of fused-ring (bicyclic) bond motifs is 1. The SMILES string of the molecule is Fc1ccc(-n2ccc3cc(OCCc4cccc(F)c4)ccc32)cc1. The van der Waals surface area contributed by atoms with E-state index in [1.807, 2.05) is 41.1 Å². The molecule has 0 saturated carbocycles. The smallest absolute Gasteiger partial charge is 0.123 e. The zero-order valence-corrected chi connectivity index (χ0v) is 14.0. The molecule has 1 aromatic heterocycles. The van der Waals surface area contributed by atoms with Crippen molar-refractivity contribution in [2.24, 2.45) is 0 Å². The number of aromatic nitrogens is 1. The molecule has 0 aliphatic heterocycles. The first-order valence-electron chi connectivity index (χ1n) is 8.43. The normalized spacial score (nSPS) is 11.0. The van der Waals surface area contributed by atoms with E-state index in [2.05, 4.69) is 0 Å². The second kappa shape index (κ2) is 7.00. The third-order valence-corrected chi connectivity index (χ3v) is 4.31. The molecule has 4 rings (SSSR count). The Labute approximate surface area is 150 Å². The third-order valence-electron chi connectivity index (χ3n) is 4.31. The fourth-order valence-corrected chi connectivity index (χ4v) is 3.02. The van der Waals surface area contributed by atoms with E-state index in [4.69, 9.17) is 4.74 Å². The molecule has 0 aliphatic carbocycles. The standard InChI is InChI=1S/C22H17F2NO/c23-18-4-6-20(7-5-18)25-12-10-17-15-21(8-9-22(17)25)26-13-11-16-2-1-3-19(24)14-16/h1-10,12,14-15H,11,13H2. The van der Waals surface area contributed by atoms with E-state index in [0.717, 1.165) is 27.9 Å². The number of nitrogens with zero attached hydrogens (tertiary/aromatic N) is 1. The van der Waals surface area contributed by atoms with Crippen molar-refractivity contribution in [3.05, 3.63) is 96.2 Å². The number of halogens is 2. The monoisotopic (exact) mass is 349 g/mol. The molecule has 26 heavy (non-hydrogen) atoms. The Morgan fingerprint density at radius 3 is 2.46 bits per heavy atom. The van der Waals surface area contributed by atoms with E-state index in [1.165, 1.54) is 24.3 Å². The van der Waals surface area contributed by atoms with E-state index >= 15 is 0 Å². The first-order valence-corrected chi connectivity index (χ1v) is 8.43. The van der Waals surface area contributed by atoms with Crippen molar-refractivity contribution < 1.29 is 13.5 Å². The van der Waals surface area contributed by atoms with E-state index in [9.17, 15) is 8.78 Å². The molecule has 0 bridgehead atoms. The zero-order chi connectivity index (χ0) is 17.9. The van der Waals surface area contributed by atoms with Crippen molar-refractivity contribution in [1.29, 1.82) is 0 Å². The predicted octanol–water partition coefficient (Wildman–Crippen LogP) is 5.53. The molecule has 0 amide bonds. The van der Waals surface area contributed by atoms with Gasteiger partial charge in [0.25, 0.3) is 0 Å². The van der Waals surface area contributed by atoms with Gasteiger partial charge in [0.05, 0.1) is 12.1 Å². The first-order chi connectivity index (χ1) is 12.7. The molecule has 0 aliphatic rings. The van der Waals surface area contributed by atoms with E-state index in [-0.39, 0.29) is 11.6 Å². The minimum Gasteiger partial charge on any atom is -0.493 e. The summed E-state index contributed by atoms with van der Waals surface area (Å²) in [6.45, 7) is 0.480. The molecule has 1 heterocycles. The molecule has 0 N–H and O–H groups in total. The minimum absolute atomic E-state index is 0.231. The topological polar surface area (TPSA) is 14.2 Å². The van der Waals surface area contributed by atoms with Crippen molar-refractivity contribution >= 4 is 10.9 Å². The van der Waals surface area contributed by atoms with Crippen molar-refractivity contribution in [1.82, 2.24) is 4.57 Å². The van der Waals surface area contributed by atoms with Gasteiger partial charge >= 0.3 is 0 Å². The van der Waals surface area contributed by atoms with Crippen LogP contribution in [0.25, 0.3) is 16.6 Å². The highest BCUT2D eigenvalue weighted by molar-refractivity contribution is 5.83. The van der Waals surface area contributed by atoms with E-state index < -0.39 is 0 Å². The van der Waals surface area contributed by atoms with Crippen molar-refractivity contribution in [3.63, 3.8) is 0 Å². The van der Waals surface area contributed by atoms with E-state index in [0.29, 0.717) is 13.0 Å². The summed E-state index contributed by atoms with van der Waals surface area (Å²) >= 11 is 0. The molecule has 2 nitrogen and oxygen atoms in total. The Kier molecular flexibility index (Phi) is 4.40. The van der Waals surface area contributed by atoms with Gasteiger partial charge in [0.2, 0.25) is 0 Å². The van der Waals surface area contributed by atoms with Gasteiger partial charge in [0.1, 0.15) is 17.4 Å². The number of ether oxygens (including phenoxy) is 1. The summed E-state index contributed by atoms with van der Waals surface area (Å²) in [6.07, 6.45) is 2.60. The van der Waals surface area contributed by atoms with Gasteiger partial charge in [-0.15, -0.1) is 0 Å². The maximum absolute atomic E-state index is 13.2. The molecule has 0 radical (unpaired) electrons. The third kappa shape index (κ3) is 3.45. The van der Waals surface area contributed by atoms with Crippen LogP contribution in [-0.2, 0) is 6.42 Å². The maximum atomic E-state index is 13.2. The summed E-state index contributed by atoms with van der Waals surface area (Å²) in [4.78, 5) is 0. The van der Waals surface area contributed by atoms with Crippen LogP contribution >= 0.6 is 0 Å². The van der Waals surface area contributed by atoms with Crippen LogP contribution in [0.5, 0.6) is 5.75 Å². The van der Waals surface area contributed by atoms with Crippen LogP contribution in [0.2, 0.25) is 0 Å². The van der Waals surface area contributed by atoms with Gasteiger partial charge in [-0.3, -0.25) is 0 Å². The highest BCUT2D eigenvalue weighted by atomic mass is 19.1. The van der Waals surface area contributed by atoms with Gasteiger partial charge in [0.15, 0.2) is 0 Å². The van der Waals surface area contributed by atoms with Crippen LogP contribution in [0, 0.1) is 11.6 Å². The van der Waals surface area contributed by atoms with E-state index in [1.54, 1.807) is 18.2 Å². The molecule has 0 spiro atoms. The molecular weight excluding hydrogens is 332 g/mol. The zero-order valence-electron chi connectivity index (χ0n) is 14.0. The lowest BCUT2D eigenvalue weighted by atomic mass is 10.1. The van der Waals surface area contributed by atoms with Gasteiger partial charge in [-0.2, -0.15) is 0 Å². The Balaban J connectivity index is 1.49. The molecular formula is C22H17F2NO. The highest BCUT2D eigenvalue weighted by Crippen LogP contribution is 2.25. The largest absolute Gasteiger partial charge is 0.493 e. The van der Waals surface area contributed by atoms with Crippen LogP contribution in [0.15, 0.2) is 79.0 Å². The van der Waals surface area contributed by atoms with Crippen LogP contribution in [0.1, 0.15) is 5.56 Å². The molecule has 0 atom stereocenters. The van der Waals surface area contributed by atoms with Crippen LogP contribution in [-0.4, -0.2) is 11.2 Å². The Bertz CT molecular complexity index is 1040. The number of benzene rings is 3. The maximum Gasteiger partial charge on any atom is 0.123 e. The summed E-state index contributed by atoms with van der Waals surface area (Å²) in [5.41, 5.74) is 2.84. The number of rotatable bonds is 5. The second-order valence-electron chi connectivity index (χ2n) is 6.11. The Hall–Kier alpha value is -3.14. The Morgan fingerprint density at radius 2 is 1.65 bits per heavy atom. The average molecular weight is 349 g/mol. The van der Waals surface area contributed by atoms with Gasteiger partial charge in [-0.05, 0) is 66.2 Å². The lowest BCUT2D eigenvalue weighted by Gasteiger charge is -2.08. The van der Waals surface area contributed by atoms with Crippen LogP contribution < -0.4 is 4.74 Å². The number of hydrogen-bond acceptors (Lipinski definition) is 1. The molecule has 0 unspecified atom stereocenters. The molecule has 3 aromatic carbocycles. The predicted molar refractivity (Wildman–Crippen MR) is 98.8 cm³/mol. The molecule has 0 saturated heterocycles. The second-order valence-corrected chi connectivity index (χ2v) is 6.11. The lowest BCUT2D eigenvalue weighted by Crippen LogP contribution is -2.01. The lowest BCUT2D eigenvalue weighted by molar-refractivity contribution is 0.322. The Morgan fingerprint density at radius 1 is 0.808 bits per heavy atom. The van der Waals surface area contributed by atoms with Crippen molar-refractivity contribution in [2.45, 2.75) is 6.42 Å². The minimum atomic E-state index is -0.251. The van der Waals surface area contributed by atoms with Crippen molar-refractivity contribution in [2.75, 3.05) is 6.61 Å². The van der Waals surface area contributed by atoms with Gasteiger partial charge in [-0.1, -0.05) is 12.1 Å².